The second-order valence-corrected chi connectivity index (χ2v) is 8.97. The Morgan fingerprint density at radius 1 is 1.14 bits per heavy atom. The van der Waals surface area contributed by atoms with Gasteiger partial charge in [-0.05, 0) is 48.1 Å². The van der Waals surface area contributed by atoms with Crippen LogP contribution in [0.4, 0.5) is 5.13 Å². The van der Waals surface area contributed by atoms with Gasteiger partial charge in [0, 0.05) is 12.7 Å². The van der Waals surface area contributed by atoms with Crippen LogP contribution in [0.25, 0.3) is 21.4 Å². The molecule has 1 aliphatic carbocycles. The largest absolute Gasteiger partial charge is 0.361 e. The Morgan fingerprint density at radius 3 is 3.00 bits per heavy atom. The first kappa shape index (κ1) is 17.6. The van der Waals surface area contributed by atoms with Gasteiger partial charge in [0.05, 0.1) is 23.1 Å². The van der Waals surface area contributed by atoms with Crippen molar-refractivity contribution in [2.45, 2.75) is 39.2 Å². The van der Waals surface area contributed by atoms with Gasteiger partial charge in [0.25, 0.3) is 0 Å². The summed E-state index contributed by atoms with van der Waals surface area (Å²) in [5, 5.41) is 4.65. The van der Waals surface area contributed by atoms with Crippen molar-refractivity contribution in [1.82, 2.24) is 19.5 Å². The number of imidazole rings is 1. The molecule has 0 saturated heterocycles. The maximum absolute atomic E-state index is 4.79. The molecule has 0 unspecified atom stereocenters. The molecule has 144 valence electrons. The lowest BCUT2D eigenvalue weighted by atomic mass is 9.80. The summed E-state index contributed by atoms with van der Waals surface area (Å²) in [6.45, 7) is 4.20. The van der Waals surface area contributed by atoms with Gasteiger partial charge in [0.1, 0.15) is 5.52 Å². The summed E-state index contributed by atoms with van der Waals surface area (Å²) < 4.78 is 3.33. The number of benzene rings is 1. The summed E-state index contributed by atoms with van der Waals surface area (Å²) in [5.74, 6) is 1.60. The SMILES string of the molecule is C[C@H]1CCCC[C@H]1CNc1nc2ccc(Cn3cnc4cccnc43)cc2s1. The molecule has 0 bridgehead atoms. The molecule has 5 nitrogen and oxygen atoms in total. The second kappa shape index (κ2) is 7.51. The second-order valence-electron chi connectivity index (χ2n) is 7.94. The molecule has 1 saturated carbocycles. The Hall–Kier alpha value is -2.47. The summed E-state index contributed by atoms with van der Waals surface area (Å²) in [5.41, 5.74) is 4.18. The van der Waals surface area contributed by atoms with Crippen LogP contribution >= 0.6 is 11.3 Å². The van der Waals surface area contributed by atoms with E-state index in [2.05, 4.69) is 45.0 Å². The molecule has 1 aromatic carbocycles. The Balaban J connectivity index is 1.32. The maximum Gasteiger partial charge on any atom is 0.183 e. The highest BCUT2D eigenvalue weighted by atomic mass is 32.1. The Bertz CT molecular complexity index is 1100. The van der Waals surface area contributed by atoms with Crippen LogP contribution in [0.3, 0.4) is 0 Å². The Kier molecular flexibility index (Phi) is 4.72. The van der Waals surface area contributed by atoms with Crippen LogP contribution in [0.1, 0.15) is 38.2 Å². The molecule has 0 spiro atoms. The number of rotatable bonds is 5. The highest BCUT2D eigenvalue weighted by molar-refractivity contribution is 7.22. The summed E-state index contributed by atoms with van der Waals surface area (Å²) in [4.78, 5) is 13.7. The van der Waals surface area contributed by atoms with Gasteiger partial charge in [-0.1, -0.05) is 43.6 Å². The summed E-state index contributed by atoms with van der Waals surface area (Å²) in [6, 6.07) is 10.4. The quantitative estimate of drug-likeness (QED) is 0.500. The minimum Gasteiger partial charge on any atom is -0.361 e. The molecule has 1 N–H and O–H groups in total. The summed E-state index contributed by atoms with van der Waals surface area (Å²) >= 11 is 1.75. The van der Waals surface area contributed by atoms with Gasteiger partial charge in [-0.15, -0.1) is 0 Å². The standard InChI is InChI=1S/C22H25N5S/c1-15-5-2-3-6-17(15)12-24-22-26-18-9-8-16(11-20(18)28-22)13-27-14-25-19-7-4-10-23-21(19)27/h4,7-11,14-15,17H,2-3,5-6,12-13H2,1H3,(H,24,26)/t15-,17-/m0/s1. The first-order valence-corrected chi connectivity index (χ1v) is 11.0. The van der Waals surface area contributed by atoms with E-state index < -0.39 is 0 Å². The van der Waals surface area contributed by atoms with Crippen molar-refractivity contribution < 1.29 is 0 Å². The van der Waals surface area contributed by atoms with Crippen LogP contribution in [0.5, 0.6) is 0 Å². The molecule has 1 aliphatic rings. The van der Waals surface area contributed by atoms with Crippen LogP contribution in [-0.2, 0) is 6.54 Å². The highest BCUT2D eigenvalue weighted by Crippen LogP contribution is 2.31. The van der Waals surface area contributed by atoms with E-state index in [9.17, 15) is 0 Å². The predicted octanol–water partition coefficient (Wildman–Crippen LogP) is 5.33. The number of nitrogens with zero attached hydrogens (tertiary/aromatic N) is 4. The van der Waals surface area contributed by atoms with E-state index in [1.54, 1.807) is 11.3 Å². The minimum absolute atomic E-state index is 0.768. The Labute approximate surface area is 168 Å². The van der Waals surface area contributed by atoms with E-state index in [1.807, 2.05) is 24.7 Å². The zero-order valence-electron chi connectivity index (χ0n) is 16.1. The van der Waals surface area contributed by atoms with Gasteiger partial charge < -0.3 is 9.88 Å². The van der Waals surface area contributed by atoms with Crippen molar-refractivity contribution in [3.8, 4) is 0 Å². The van der Waals surface area contributed by atoms with Crippen LogP contribution in [-0.4, -0.2) is 26.1 Å². The number of aromatic nitrogens is 4. The summed E-state index contributed by atoms with van der Waals surface area (Å²) in [6.07, 6.45) is 9.16. The molecular weight excluding hydrogens is 366 g/mol. The van der Waals surface area contributed by atoms with Gasteiger partial charge in [0.15, 0.2) is 10.8 Å². The number of hydrogen-bond acceptors (Lipinski definition) is 5. The Morgan fingerprint density at radius 2 is 2.07 bits per heavy atom. The van der Waals surface area contributed by atoms with Crippen molar-refractivity contribution >= 4 is 37.8 Å². The number of fused-ring (bicyclic) bond motifs is 2. The predicted molar refractivity (Wildman–Crippen MR) is 116 cm³/mol. The summed E-state index contributed by atoms with van der Waals surface area (Å²) in [7, 11) is 0. The number of hydrogen-bond donors (Lipinski definition) is 1. The fourth-order valence-corrected chi connectivity index (χ4v) is 5.20. The number of anilines is 1. The molecule has 28 heavy (non-hydrogen) atoms. The lowest BCUT2D eigenvalue weighted by Crippen LogP contribution is -2.24. The topological polar surface area (TPSA) is 55.6 Å². The number of nitrogens with one attached hydrogen (secondary N) is 1. The van der Waals surface area contributed by atoms with E-state index in [-0.39, 0.29) is 0 Å². The first-order chi connectivity index (χ1) is 13.8. The van der Waals surface area contributed by atoms with E-state index in [1.165, 1.54) is 35.9 Å². The average molecular weight is 392 g/mol. The zero-order chi connectivity index (χ0) is 18.9. The molecule has 2 atom stereocenters. The van der Waals surface area contributed by atoms with Crippen molar-refractivity contribution in [1.29, 1.82) is 0 Å². The lowest BCUT2D eigenvalue weighted by Gasteiger charge is -2.28. The fourth-order valence-electron chi connectivity index (χ4n) is 4.27. The van der Waals surface area contributed by atoms with Crippen molar-refractivity contribution in [3.63, 3.8) is 0 Å². The molecule has 1 fully saturated rings. The van der Waals surface area contributed by atoms with E-state index in [0.29, 0.717) is 0 Å². The van der Waals surface area contributed by atoms with Crippen LogP contribution in [0.2, 0.25) is 0 Å². The fraction of sp³-hybridized carbons (Fsp3) is 0.409. The van der Waals surface area contributed by atoms with Gasteiger partial charge >= 0.3 is 0 Å². The molecule has 0 amide bonds. The van der Waals surface area contributed by atoms with Crippen molar-refractivity contribution in [3.05, 3.63) is 48.4 Å². The van der Waals surface area contributed by atoms with E-state index in [4.69, 9.17) is 4.98 Å². The highest BCUT2D eigenvalue weighted by Gasteiger charge is 2.21. The van der Waals surface area contributed by atoms with E-state index in [0.717, 1.165) is 46.7 Å². The zero-order valence-corrected chi connectivity index (χ0v) is 17.0. The maximum atomic E-state index is 4.79. The van der Waals surface area contributed by atoms with Crippen LogP contribution in [0.15, 0.2) is 42.9 Å². The van der Waals surface area contributed by atoms with Crippen molar-refractivity contribution in [2.75, 3.05) is 11.9 Å². The van der Waals surface area contributed by atoms with Gasteiger partial charge in [0.2, 0.25) is 0 Å². The van der Waals surface area contributed by atoms with Gasteiger partial charge in [-0.3, -0.25) is 0 Å². The monoisotopic (exact) mass is 391 g/mol. The third kappa shape index (κ3) is 3.49. The first-order valence-electron chi connectivity index (χ1n) is 10.2. The number of thiazole rings is 1. The lowest BCUT2D eigenvalue weighted by molar-refractivity contribution is 0.268. The van der Waals surface area contributed by atoms with Gasteiger partial charge in [-0.25, -0.2) is 15.0 Å². The molecule has 4 aromatic rings. The third-order valence-corrected chi connectivity index (χ3v) is 6.96. The molecule has 6 heteroatoms. The third-order valence-electron chi connectivity index (χ3n) is 5.98. The smallest absolute Gasteiger partial charge is 0.183 e. The average Bonchev–Trinajstić information content (AvgIpc) is 3.31. The van der Waals surface area contributed by atoms with Crippen LogP contribution < -0.4 is 5.32 Å². The minimum atomic E-state index is 0.768. The van der Waals surface area contributed by atoms with Gasteiger partial charge in [-0.2, -0.15) is 0 Å². The molecular formula is C22H25N5S. The van der Waals surface area contributed by atoms with E-state index >= 15 is 0 Å². The normalized spacial score (nSPS) is 20.0. The van der Waals surface area contributed by atoms with Crippen molar-refractivity contribution in [2.24, 2.45) is 11.8 Å². The molecule has 0 aliphatic heterocycles. The molecule has 0 radical (unpaired) electrons. The molecule has 3 heterocycles. The van der Waals surface area contributed by atoms with Crippen LogP contribution in [0, 0.1) is 11.8 Å². The molecule has 5 rings (SSSR count). The molecule has 3 aromatic heterocycles. The number of pyridine rings is 1.